The standard InChI is InChI=1S/C27H23N3O8/c1-37-21-12-18(30(35)36)7-8-20(21)28-13-16(10-22(28)31)27(34)38-19-4-2-3-17(11-19)29-25(32)23-14-5-6-15(9-14)24(23)26(29)33/h2-8,11-12,14-16,23-24H,9-10,13H2,1H3/t14-,15-,16+,23-,24+/m0/s1. The van der Waals surface area contributed by atoms with E-state index in [1.54, 1.807) is 18.2 Å². The average molecular weight is 517 g/mol. The number of nitrogens with zero attached hydrogens (tertiary/aromatic N) is 3. The van der Waals surface area contributed by atoms with Gasteiger partial charge in [-0.2, -0.15) is 0 Å². The second kappa shape index (κ2) is 8.79. The maximum Gasteiger partial charge on any atom is 0.316 e. The molecule has 38 heavy (non-hydrogen) atoms. The molecule has 0 spiro atoms. The lowest BCUT2D eigenvalue weighted by molar-refractivity contribution is -0.384. The van der Waals surface area contributed by atoms with Crippen LogP contribution in [0.5, 0.6) is 11.5 Å². The average Bonchev–Trinajstić information content (AvgIpc) is 3.67. The lowest BCUT2D eigenvalue weighted by Crippen LogP contribution is -2.32. The molecule has 1 saturated carbocycles. The molecular formula is C27H23N3O8. The first-order valence-electron chi connectivity index (χ1n) is 12.3. The number of carbonyl (C=O) groups is 4. The van der Waals surface area contributed by atoms with E-state index in [1.807, 2.05) is 12.2 Å². The second-order valence-corrected chi connectivity index (χ2v) is 9.95. The molecule has 2 bridgehead atoms. The van der Waals surface area contributed by atoms with Crippen molar-refractivity contribution in [2.45, 2.75) is 12.8 Å². The summed E-state index contributed by atoms with van der Waals surface area (Å²) in [5.74, 6) is -2.44. The number of nitro groups is 1. The minimum absolute atomic E-state index is 0.00770. The number of methoxy groups -OCH3 is 1. The number of nitro benzene ring substituents is 1. The van der Waals surface area contributed by atoms with Gasteiger partial charge in [0.15, 0.2) is 0 Å². The number of benzene rings is 2. The summed E-state index contributed by atoms with van der Waals surface area (Å²) in [6.45, 7) is 0.00770. The largest absolute Gasteiger partial charge is 0.494 e. The third-order valence-electron chi connectivity index (χ3n) is 7.89. The van der Waals surface area contributed by atoms with Crippen LogP contribution in [-0.4, -0.2) is 42.3 Å². The number of amides is 3. The van der Waals surface area contributed by atoms with Crippen molar-refractivity contribution in [1.29, 1.82) is 0 Å². The molecule has 11 heteroatoms. The van der Waals surface area contributed by atoms with Crippen molar-refractivity contribution in [2.75, 3.05) is 23.5 Å². The first-order valence-corrected chi connectivity index (χ1v) is 12.3. The summed E-state index contributed by atoms with van der Waals surface area (Å²) in [6.07, 6.45) is 4.77. The number of hydrogen-bond donors (Lipinski definition) is 0. The first-order chi connectivity index (χ1) is 18.3. The first kappa shape index (κ1) is 23.8. The van der Waals surface area contributed by atoms with E-state index in [4.69, 9.17) is 9.47 Å². The van der Waals surface area contributed by atoms with Gasteiger partial charge in [0.2, 0.25) is 17.7 Å². The van der Waals surface area contributed by atoms with Crippen LogP contribution in [0.3, 0.4) is 0 Å². The molecule has 2 aliphatic heterocycles. The predicted octanol–water partition coefficient (Wildman–Crippen LogP) is 2.87. The number of rotatable bonds is 6. The molecule has 2 saturated heterocycles. The van der Waals surface area contributed by atoms with Gasteiger partial charge in [0.25, 0.3) is 5.69 Å². The number of imide groups is 1. The highest BCUT2D eigenvalue weighted by molar-refractivity contribution is 6.22. The molecule has 194 valence electrons. The maximum absolute atomic E-state index is 13.1. The third kappa shape index (κ3) is 3.65. The second-order valence-electron chi connectivity index (χ2n) is 9.95. The fourth-order valence-corrected chi connectivity index (χ4v) is 6.14. The Bertz CT molecular complexity index is 1410. The van der Waals surface area contributed by atoms with Crippen LogP contribution in [0.4, 0.5) is 17.1 Å². The van der Waals surface area contributed by atoms with Crippen molar-refractivity contribution in [3.63, 3.8) is 0 Å². The Morgan fingerprint density at radius 2 is 1.74 bits per heavy atom. The van der Waals surface area contributed by atoms with E-state index in [2.05, 4.69) is 0 Å². The number of anilines is 2. The van der Waals surface area contributed by atoms with Gasteiger partial charge in [-0.05, 0) is 36.5 Å². The summed E-state index contributed by atoms with van der Waals surface area (Å²) >= 11 is 0. The van der Waals surface area contributed by atoms with Gasteiger partial charge in [-0.15, -0.1) is 0 Å². The summed E-state index contributed by atoms with van der Waals surface area (Å²) in [6, 6.07) is 10.2. The number of allylic oxidation sites excluding steroid dienone is 2. The molecule has 5 atom stereocenters. The Balaban J connectivity index is 1.17. The summed E-state index contributed by atoms with van der Waals surface area (Å²) in [5, 5.41) is 11.1. The van der Waals surface area contributed by atoms with Crippen molar-refractivity contribution in [3.8, 4) is 11.5 Å². The SMILES string of the molecule is COc1cc([N+](=O)[O-])ccc1N1C[C@H](C(=O)Oc2cccc(N3C(=O)[C@@H]4[C@H](C3=O)[C@H]3C=C[C@H]4C3)c2)CC1=O. The van der Waals surface area contributed by atoms with Crippen molar-refractivity contribution in [1.82, 2.24) is 0 Å². The van der Waals surface area contributed by atoms with Crippen LogP contribution in [0.1, 0.15) is 12.8 Å². The quantitative estimate of drug-likeness (QED) is 0.142. The van der Waals surface area contributed by atoms with E-state index in [9.17, 15) is 29.3 Å². The number of carbonyl (C=O) groups excluding carboxylic acids is 4. The maximum atomic E-state index is 13.1. The molecule has 4 aliphatic rings. The highest BCUT2D eigenvalue weighted by Gasteiger charge is 2.59. The molecule has 2 aromatic carbocycles. The molecule has 2 aliphatic carbocycles. The van der Waals surface area contributed by atoms with Crippen LogP contribution in [0.15, 0.2) is 54.6 Å². The number of fused-ring (bicyclic) bond motifs is 5. The van der Waals surface area contributed by atoms with Gasteiger partial charge in [-0.25, -0.2) is 4.90 Å². The van der Waals surface area contributed by atoms with Gasteiger partial charge in [-0.1, -0.05) is 18.2 Å². The van der Waals surface area contributed by atoms with Crippen LogP contribution in [0.25, 0.3) is 0 Å². The van der Waals surface area contributed by atoms with Crippen molar-refractivity contribution in [2.24, 2.45) is 29.6 Å². The molecule has 2 heterocycles. The number of hydrogen-bond acceptors (Lipinski definition) is 8. The minimum atomic E-state index is -0.790. The lowest BCUT2D eigenvalue weighted by Gasteiger charge is -2.19. The molecule has 0 radical (unpaired) electrons. The van der Waals surface area contributed by atoms with Gasteiger partial charge < -0.3 is 14.4 Å². The minimum Gasteiger partial charge on any atom is -0.494 e. The Kier molecular flexibility index (Phi) is 5.51. The summed E-state index contributed by atoms with van der Waals surface area (Å²) in [4.78, 5) is 65.0. The van der Waals surface area contributed by atoms with E-state index < -0.39 is 16.8 Å². The zero-order valence-electron chi connectivity index (χ0n) is 20.3. The van der Waals surface area contributed by atoms with Gasteiger partial charge in [0.1, 0.15) is 11.5 Å². The highest BCUT2D eigenvalue weighted by Crippen LogP contribution is 2.53. The van der Waals surface area contributed by atoms with Gasteiger partial charge in [0, 0.05) is 25.1 Å². The Labute approximate surface area is 216 Å². The van der Waals surface area contributed by atoms with Gasteiger partial charge >= 0.3 is 5.97 Å². The molecule has 6 rings (SSSR count). The topological polar surface area (TPSA) is 136 Å². The van der Waals surface area contributed by atoms with Crippen LogP contribution in [-0.2, 0) is 19.2 Å². The summed E-state index contributed by atoms with van der Waals surface area (Å²) in [5.41, 5.74) is 0.481. The monoisotopic (exact) mass is 517 g/mol. The van der Waals surface area contributed by atoms with E-state index >= 15 is 0 Å². The molecule has 3 amide bonds. The lowest BCUT2D eigenvalue weighted by atomic mass is 9.85. The number of esters is 1. The Morgan fingerprint density at radius 3 is 2.39 bits per heavy atom. The fraction of sp³-hybridized carbons (Fsp3) is 0.333. The molecule has 0 unspecified atom stereocenters. The smallest absolute Gasteiger partial charge is 0.316 e. The van der Waals surface area contributed by atoms with Gasteiger partial charge in [-0.3, -0.25) is 29.3 Å². The van der Waals surface area contributed by atoms with Crippen LogP contribution < -0.4 is 19.3 Å². The third-order valence-corrected chi connectivity index (χ3v) is 7.89. The molecule has 0 N–H and O–H groups in total. The Morgan fingerprint density at radius 1 is 1.03 bits per heavy atom. The molecule has 11 nitrogen and oxygen atoms in total. The number of non-ortho nitro benzene ring substituents is 1. The molecule has 0 aromatic heterocycles. The molecule has 2 aromatic rings. The van der Waals surface area contributed by atoms with Crippen LogP contribution >= 0.6 is 0 Å². The Hall–Kier alpha value is -4.54. The summed E-state index contributed by atoms with van der Waals surface area (Å²) in [7, 11) is 1.34. The zero-order chi connectivity index (χ0) is 26.7. The van der Waals surface area contributed by atoms with E-state index in [-0.39, 0.29) is 71.5 Å². The highest BCUT2D eigenvalue weighted by atomic mass is 16.6. The number of ether oxygens (including phenoxy) is 2. The van der Waals surface area contributed by atoms with Gasteiger partial charge in [0.05, 0.1) is 47.2 Å². The zero-order valence-corrected chi connectivity index (χ0v) is 20.3. The molecule has 3 fully saturated rings. The summed E-state index contributed by atoms with van der Waals surface area (Å²) < 4.78 is 10.8. The van der Waals surface area contributed by atoms with Crippen LogP contribution in [0, 0.1) is 39.7 Å². The van der Waals surface area contributed by atoms with Crippen molar-refractivity contribution in [3.05, 3.63) is 64.7 Å². The normalized spacial score (nSPS) is 27.3. The van der Waals surface area contributed by atoms with Crippen molar-refractivity contribution >= 4 is 40.8 Å². The predicted molar refractivity (Wildman–Crippen MR) is 132 cm³/mol. The van der Waals surface area contributed by atoms with E-state index in [0.29, 0.717) is 11.4 Å². The fourth-order valence-electron chi connectivity index (χ4n) is 6.14. The molecular weight excluding hydrogens is 494 g/mol. The van der Waals surface area contributed by atoms with Crippen LogP contribution in [0.2, 0.25) is 0 Å². The van der Waals surface area contributed by atoms with E-state index in [0.717, 1.165) is 6.42 Å². The van der Waals surface area contributed by atoms with Crippen molar-refractivity contribution < 1.29 is 33.6 Å². The van der Waals surface area contributed by atoms with E-state index in [1.165, 1.54) is 41.2 Å².